The SMILES string of the molecule is N#CCc1ccc(F)c(-c2cccc(C(F)(F)F)c2)c1. The summed E-state index contributed by atoms with van der Waals surface area (Å²) in [4.78, 5) is 0. The molecule has 2 rings (SSSR count). The van der Waals surface area contributed by atoms with Crippen molar-refractivity contribution in [2.24, 2.45) is 0 Å². The third-order valence-corrected chi connectivity index (χ3v) is 2.81. The number of alkyl halides is 3. The van der Waals surface area contributed by atoms with E-state index < -0.39 is 17.6 Å². The van der Waals surface area contributed by atoms with Gasteiger partial charge in [0, 0.05) is 5.56 Å². The molecule has 0 bridgehead atoms. The Hall–Kier alpha value is -2.35. The van der Waals surface area contributed by atoms with E-state index in [4.69, 9.17) is 5.26 Å². The zero-order valence-electron chi connectivity index (χ0n) is 10.2. The number of rotatable bonds is 2. The molecular weight excluding hydrogens is 270 g/mol. The van der Waals surface area contributed by atoms with Crippen molar-refractivity contribution in [1.29, 1.82) is 5.26 Å². The van der Waals surface area contributed by atoms with Crippen LogP contribution in [0.5, 0.6) is 0 Å². The molecule has 0 unspecified atom stereocenters. The van der Waals surface area contributed by atoms with Gasteiger partial charge in [0.25, 0.3) is 0 Å². The molecule has 102 valence electrons. The third kappa shape index (κ3) is 2.97. The Bertz CT molecular complexity index is 668. The zero-order chi connectivity index (χ0) is 14.8. The first-order valence-electron chi connectivity index (χ1n) is 5.75. The average Bonchev–Trinajstić information content (AvgIpc) is 2.40. The van der Waals surface area contributed by atoms with Crippen molar-refractivity contribution in [3.8, 4) is 17.2 Å². The van der Waals surface area contributed by atoms with Crippen molar-refractivity contribution in [1.82, 2.24) is 0 Å². The summed E-state index contributed by atoms with van der Waals surface area (Å²) in [6.45, 7) is 0. The van der Waals surface area contributed by atoms with Crippen LogP contribution in [-0.4, -0.2) is 0 Å². The molecule has 1 nitrogen and oxygen atoms in total. The van der Waals surface area contributed by atoms with E-state index in [0.717, 1.165) is 18.2 Å². The first-order valence-corrected chi connectivity index (χ1v) is 5.75. The van der Waals surface area contributed by atoms with Crippen LogP contribution >= 0.6 is 0 Å². The second kappa shape index (κ2) is 5.33. The predicted molar refractivity (Wildman–Crippen MR) is 66.2 cm³/mol. The van der Waals surface area contributed by atoms with Crippen LogP contribution in [0.1, 0.15) is 11.1 Å². The minimum atomic E-state index is -4.48. The molecule has 0 saturated heterocycles. The van der Waals surface area contributed by atoms with Crippen molar-refractivity contribution in [2.75, 3.05) is 0 Å². The maximum absolute atomic E-state index is 13.8. The van der Waals surface area contributed by atoms with E-state index in [0.29, 0.717) is 5.56 Å². The van der Waals surface area contributed by atoms with Crippen LogP contribution in [0.3, 0.4) is 0 Å². The van der Waals surface area contributed by atoms with Gasteiger partial charge >= 0.3 is 6.18 Å². The molecule has 0 aromatic heterocycles. The van der Waals surface area contributed by atoms with Gasteiger partial charge in [0.1, 0.15) is 5.82 Å². The van der Waals surface area contributed by atoms with Gasteiger partial charge in [0.15, 0.2) is 0 Å². The summed E-state index contributed by atoms with van der Waals surface area (Å²) in [5.41, 5.74) is -0.0811. The second-order valence-electron chi connectivity index (χ2n) is 4.23. The maximum Gasteiger partial charge on any atom is 0.416 e. The van der Waals surface area contributed by atoms with Crippen LogP contribution < -0.4 is 0 Å². The van der Waals surface area contributed by atoms with Gasteiger partial charge in [-0.3, -0.25) is 0 Å². The summed E-state index contributed by atoms with van der Waals surface area (Å²) in [6, 6.07) is 10.4. The molecule has 0 amide bonds. The maximum atomic E-state index is 13.8. The van der Waals surface area contributed by atoms with Gasteiger partial charge in [-0.25, -0.2) is 4.39 Å². The van der Waals surface area contributed by atoms with E-state index in [-0.39, 0.29) is 17.5 Å². The van der Waals surface area contributed by atoms with Crippen LogP contribution in [0.4, 0.5) is 17.6 Å². The number of nitriles is 1. The first-order chi connectivity index (χ1) is 9.41. The monoisotopic (exact) mass is 279 g/mol. The lowest BCUT2D eigenvalue weighted by molar-refractivity contribution is -0.137. The van der Waals surface area contributed by atoms with E-state index in [1.807, 2.05) is 6.07 Å². The van der Waals surface area contributed by atoms with Crippen molar-refractivity contribution in [3.05, 3.63) is 59.4 Å². The highest BCUT2D eigenvalue weighted by Gasteiger charge is 2.30. The molecular formula is C15H9F4N. The van der Waals surface area contributed by atoms with E-state index >= 15 is 0 Å². The Morgan fingerprint density at radius 1 is 1.05 bits per heavy atom. The van der Waals surface area contributed by atoms with Gasteiger partial charge < -0.3 is 0 Å². The van der Waals surface area contributed by atoms with Crippen molar-refractivity contribution < 1.29 is 17.6 Å². The Balaban J connectivity index is 2.51. The molecule has 0 aliphatic carbocycles. The Morgan fingerprint density at radius 2 is 1.80 bits per heavy atom. The number of benzene rings is 2. The highest BCUT2D eigenvalue weighted by Crippen LogP contribution is 2.33. The van der Waals surface area contributed by atoms with Gasteiger partial charge in [-0.15, -0.1) is 0 Å². The Morgan fingerprint density at radius 3 is 2.45 bits per heavy atom. The molecule has 0 atom stereocenters. The molecule has 0 heterocycles. The Kier molecular flexibility index (Phi) is 3.75. The summed E-state index contributed by atoms with van der Waals surface area (Å²) in [6.07, 6.45) is -4.40. The smallest absolute Gasteiger partial charge is 0.206 e. The lowest BCUT2D eigenvalue weighted by atomic mass is 9.99. The zero-order valence-corrected chi connectivity index (χ0v) is 10.2. The fourth-order valence-electron chi connectivity index (χ4n) is 1.86. The van der Waals surface area contributed by atoms with Gasteiger partial charge in [0.2, 0.25) is 0 Å². The predicted octanol–water partition coefficient (Wildman–Crippen LogP) is 4.58. The first kappa shape index (κ1) is 14.1. The lowest BCUT2D eigenvalue weighted by Crippen LogP contribution is -2.04. The van der Waals surface area contributed by atoms with E-state index in [1.165, 1.54) is 24.3 Å². The van der Waals surface area contributed by atoms with Crippen LogP contribution in [0.15, 0.2) is 42.5 Å². The highest BCUT2D eigenvalue weighted by molar-refractivity contribution is 5.66. The lowest BCUT2D eigenvalue weighted by Gasteiger charge is -2.10. The molecule has 0 spiro atoms. The fourth-order valence-corrected chi connectivity index (χ4v) is 1.86. The number of hydrogen-bond donors (Lipinski definition) is 0. The summed E-state index contributed by atoms with van der Waals surface area (Å²) >= 11 is 0. The van der Waals surface area contributed by atoms with Gasteiger partial charge in [-0.1, -0.05) is 18.2 Å². The molecule has 2 aromatic carbocycles. The minimum Gasteiger partial charge on any atom is -0.206 e. The molecule has 0 aliphatic heterocycles. The van der Waals surface area contributed by atoms with Crippen molar-refractivity contribution >= 4 is 0 Å². The molecule has 0 radical (unpaired) electrons. The fraction of sp³-hybridized carbons (Fsp3) is 0.133. The van der Waals surface area contributed by atoms with Gasteiger partial charge in [-0.2, -0.15) is 18.4 Å². The summed E-state index contributed by atoms with van der Waals surface area (Å²) < 4.78 is 51.7. The summed E-state index contributed by atoms with van der Waals surface area (Å²) in [5, 5.41) is 8.61. The number of hydrogen-bond acceptors (Lipinski definition) is 1. The van der Waals surface area contributed by atoms with E-state index in [1.54, 1.807) is 0 Å². The molecule has 20 heavy (non-hydrogen) atoms. The second-order valence-corrected chi connectivity index (χ2v) is 4.23. The van der Waals surface area contributed by atoms with Gasteiger partial charge in [-0.05, 0) is 35.4 Å². The summed E-state index contributed by atoms with van der Waals surface area (Å²) in [5.74, 6) is -0.619. The summed E-state index contributed by atoms with van der Waals surface area (Å²) in [7, 11) is 0. The standard InChI is InChI=1S/C15H9F4N/c16-14-5-4-10(6-7-20)8-13(14)11-2-1-3-12(9-11)15(17,18)19/h1-5,8-9H,6H2. The quantitative estimate of drug-likeness (QED) is 0.738. The van der Waals surface area contributed by atoms with Crippen LogP contribution in [-0.2, 0) is 12.6 Å². The highest BCUT2D eigenvalue weighted by atomic mass is 19.4. The van der Waals surface area contributed by atoms with Crippen LogP contribution in [0, 0.1) is 17.1 Å². The van der Waals surface area contributed by atoms with Crippen LogP contribution in [0.25, 0.3) is 11.1 Å². The normalized spacial score (nSPS) is 11.2. The Labute approximate surface area is 113 Å². The third-order valence-electron chi connectivity index (χ3n) is 2.81. The minimum absolute atomic E-state index is 0.0591. The molecule has 0 fully saturated rings. The van der Waals surface area contributed by atoms with E-state index in [9.17, 15) is 17.6 Å². The van der Waals surface area contributed by atoms with E-state index in [2.05, 4.69) is 0 Å². The molecule has 0 saturated carbocycles. The van der Waals surface area contributed by atoms with Crippen molar-refractivity contribution in [3.63, 3.8) is 0 Å². The molecule has 2 aromatic rings. The average molecular weight is 279 g/mol. The van der Waals surface area contributed by atoms with Crippen LogP contribution in [0.2, 0.25) is 0 Å². The molecule has 5 heteroatoms. The number of nitrogens with zero attached hydrogens (tertiary/aromatic N) is 1. The molecule has 0 N–H and O–H groups in total. The number of halogens is 4. The van der Waals surface area contributed by atoms with Crippen molar-refractivity contribution in [2.45, 2.75) is 12.6 Å². The van der Waals surface area contributed by atoms with Gasteiger partial charge in [0.05, 0.1) is 18.1 Å². The molecule has 0 aliphatic rings. The largest absolute Gasteiger partial charge is 0.416 e. The topological polar surface area (TPSA) is 23.8 Å².